The van der Waals surface area contributed by atoms with Crippen LogP contribution >= 0.6 is 0 Å². The van der Waals surface area contributed by atoms with Gasteiger partial charge in [-0.05, 0) is 41.3 Å². The molecule has 0 fully saturated rings. The third-order valence-electron chi connectivity index (χ3n) is 3.39. The van der Waals surface area contributed by atoms with E-state index in [1.54, 1.807) is 10.9 Å². The second-order valence-electron chi connectivity index (χ2n) is 4.84. The maximum absolute atomic E-state index is 11.3. The van der Waals surface area contributed by atoms with Gasteiger partial charge < -0.3 is 4.98 Å². The maximum Gasteiger partial charge on any atom is 0.248 e. The zero-order chi connectivity index (χ0) is 14.2. The second-order valence-corrected chi connectivity index (χ2v) is 4.84. The molecule has 3 heterocycles. The molecule has 6 heteroatoms. The van der Waals surface area contributed by atoms with Crippen molar-refractivity contribution >= 4 is 22.1 Å². The normalized spacial score (nSPS) is 11.2. The van der Waals surface area contributed by atoms with Crippen molar-refractivity contribution in [1.82, 2.24) is 25.0 Å². The highest BCUT2D eigenvalue weighted by Crippen LogP contribution is 2.14. The van der Waals surface area contributed by atoms with Crippen LogP contribution in [-0.4, -0.2) is 25.0 Å². The fraction of sp³-hybridized carbons (Fsp3) is 0.0667. The molecule has 0 amide bonds. The number of nitrogens with zero attached hydrogens (tertiary/aromatic N) is 4. The third kappa shape index (κ3) is 2.06. The van der Waals surface area contributed by atoms with Crippen LogP contribution in [0.1, 0.15) is 5.56 Å². The lowest BCUT2D eigenvalue weighted by atomic mass is 10.1. The molecule has 21 heavy (non-hydrogen) atoms. The molecule has 3 aromatic heterocycles. The quantitative estimate of drug-likeness (QED) is 0.605. The largest absolute Gasteiger partial charge is 0.322 e. The van der Waals surface area contributed by atoms with Crippen molar-refractivity contribution in [3.05, 3.63) is 64.6 Å². The van der Waals surface area contributed by atoms with E-state index in [2.05, 4.69) is 20.3 Å². The van der Waals surface area contributed by atoms with Crippen molar-refractivity contribution in [2.45, 2.75) is 6.54 Å². The number of rotatable bonds is 2. The highest BCUT2D eigenvalue weighted by atomic mass is 16.1. The van der Waals surface area contributed by atoms with Crippen molar-refractivity contribution in [2.24, 2.45) is 0 Å². The van der Waals surface area contributed by atoms with Crippen molar-refractivity contribution < 1.29 is 0 Å². The summed E-state index contributed by atoms with van der Waals surface area (Å²) in [5, 5.41) is 9.21. The first-order valence-corrected chi connectivity index (χ1v) is 6.56. The number of H-pyrrole nitrogens is 1. The van der Waals surface area contributed by atoms with E-state index >= 15 is 0 Å². The van der Waals surface area contributed by atoms with E-state index in [0.29, 0.717) is 6.54 Å². The molecule has 0 aliphatic carbocycles. The van der Waals surface area contributed by atoms with Gasteiger partial charge in [0.05, 0.1) is 6.54 Å². The first-order valence-electron chi connectivity index (χ1n) is 6.56. The van der Waals surface area contributed by atoms with Gasteiger partial charge in [-0.1, -0.05) is 11.3 Å². The van der Waals surface area contributed by atoms with E-state index in [1.807, 2.05) is 36.4 Å². The summed E-state index contributed by atoms with van der Waals surface area (Å²) in [4.78, 5) is 18.4. The standard InChI is InChI=1S/C15H11N5O/c21-14-6-4-11-8-10(3-5-12(11)17-14)9-20-15-13(18-19-20)2-1-7-16-15/h1-8H,9H2,(H,17,21). The van der Waals surface area contributed by atoms with Gasteiger partial charge >= 0.3 is 0 Å². The molecule has 0 spiro atoms. The topological polar surface area (TPSA) is 76.5 Å². The summed E-state index contributed by atoms with van der Waals surface area (Å²) in [5.41, 5.74) is 3.35. The molecule has 0 aliphatic rings. The van der Waals surface area contributed by atoms with Crippen LogP contribution < -0.4 is 5.56 Å². The lowest BCUT2D eigenvalue weighted by molar-refractivity contribution is 0.664. The summed E-state index contributed by atoms with van der Waals surface area (Å²) < 4.78 is 1.77. The Morgan fingerprint density at radius 1 is 1.14 bits per heavy atom. The number of hydrogen-bond donors (Lipinski definition) is 1. The number of benzene rings is 1. The van der Waals surface area contributed by atoms with Gasteiger partial charge in [-0.2, -0.15) is 0 Å². The zero-order valence-electron chi connectivity index (χ0n) is 11.0. The molecule has 6 nitrogen and oxygen atoms in total. The van der Waals surface area contributed by atoms with Gasteiger partial charge in [0, 0.05) is 17.8 Å². The molecule has 4 aromatic rings. The molecular formula is C15H11N5O. The van der Waals surface area contributed by atoms with Crippen LogP contribution in [0, 0.1) is 0 Å². The van der Waals surface area contributed by atoms with Gasteiger partial charge in [0.2, 0.25) is 5.56 Å². The summed E-state index contributed by atoms with van der Waals surface area (Å²) in [5.74, 6) is 0. The van der Waals surface area contributed by atoms with Crippen LogP contribution in [0.5, 0.6) is 0 Å². The Morgan fingerprint density at radius 2 is 2.10 bits per heavy atom. The molecule has 0 atom stereocenters. The van der Waals surface area contributed by atoms with E-state index < -0.39 is 0 Å². The van der Waals surface area contributed by atoms with E-state index in [9.17, 15) is 4.79 Å². The van der Waals surface area contributed by atoms with Gasteiger partial charge in [0.15, 0.2) is 5.65 Å². The Balaban J connectivity index is 1.77. The predicted octanol–water partition coefficient (Wildman–Crippen LogP) is 1.72. The Labute approximate surface area is 119 Å². The van der Waals surface area contributed by atoms with Crippen LogP contribution in [0.4, 0.5) is 0 Å². The summed E-state index contributed by atoms with van der Waals surface area (Å²) in [6.07, 6.45) is 1.73. The van der Waals surface area contributed by atoms with E-state index in [-0.39, 0.29) is 5.56 Å². The minimum atomic E-state index is -0.0956. The van der Waals surface area contributed by atoms with E-state index in [4.69, 9.17) is 0 Å². The Hall–Kier alpha value is -3.02. The van der Waals surface area contributed by atoms with Gasteiger partial charge in [-0.15, -0.1) is 5.10 Å². The first kappa shape index (κ1) is 11.8. The van der Waals surface area contributed by atoms with Crippen LogP contribution in [0.15, 0.2) is 53.5 Å². The molecule has 102 valence electrons. The summed E-state index contributed by atoms with van der Waals surface area (Å²) in [7, 11) is 0. The predicted molar refractivity (Wildman–Crippen MR) is 79.0 cm³/mol. The van der Waals surface area contributed by atoms with Gasteiger partial charge in [-0.25, -0.2) is 9.67 Å². The Kier molecular flexibility index (Phi) is 2.53. The molecule has 0 saturated carbocycles. The minimum absolute atomic E-state index is 0.0956. The molecule has 0 radical (unpaired) electrons. The van der Waals surface area contributed by atoms with Gasteiger partial charge in [0.25, 0.3) is 0 Å². The third-order valence-corrected chi connectivity index (χ3v) is 3.39. The number of hydrogen-bond acceptors (Lipinski definition) is 4. The molecule has 0 saturated heterocycles. The van der Waals surface area contributed by atoms with Crippen LogP contribution in [-0.2, 0) is 6.54 Å². The zero-order valence-corrected chi connectivity index (χ0v) is 11.0. The van der Waals surface area contributed by atoms with E-state index in [1.165, 1.54) is 6.07 Å². The summed E-state index contributed by atoms with van der Waals surface area (Å²) in [6.45, 7) is 0.586. The highest BCUT2D eigenvalue weighted by molar-refractivity contribution is 5.79. The molecule has 0 unspecified atom stereocenters. The second kappa shape index (κ2) is 4.52. The number of nitrogens with one attached hydrogen (secondary N) is 1. The Morgan fingerprint density at radius 3 is 3.05 bits per heavy atom. The highest BCUT2D eigenvalue weighted by Gasteiger charge is 2.06. The number of pyridine rings is 2. The molecular weight excluding hydrogens is 266 g/mol. The first-order chi connectivity index (χ1) is 10.3. The van der Waals surface area contributed by atoms with Crippen LogP contribution in [0.25, 0.3) is 22.1 Å². The number of fused-ring (bicyclic) bond motifs is 2. The Bertz CT molecular complexity index is 1000. The molecule has 4 rings (SSSR count). The SMILES string of the molecule is O=c1ccc2cc(Cn3nnc4cccnc43)ccc2[nH]1. The van der Waals surface area contributed by atoms with Crippen molar-refractivity contribution in [3.8, 4) is 0 Å². The fourth-order valence-corrected chi connectivity index (χ4v) is 2.39. The van der Waals surface area contributed by atoms with Crippen LogP contribution in [0.2, 0.25) is 0 Å². The molecule has 0 bridgehead atoms. The maximum atomic E-state index is 11.3. The lowest BCUT2D eigenvalue weighted by Gasteiger charge is -2.04. The molecule has 0 aliphatic heterocycles. The summed E-state index contributed by atoms with van der Waals surface area (Å²) in [6, 6.07) is 13.0. The van der Waals surface area contributed by atoms with Crippen molar-refractivity contribution in [3.63, 3.8) is 0 Å². The van der Waals surface area contributed by atoms with Gasteiger partial charge in [0.1, 0.15) is 5.52 Å². The van der Waals surface area contributed by atoms with E-state index in [0.717, 1.165) is 27.6 Å². The average molecular weight is 277 g/mol. The molecule has 1 N–H and O–H groups in total. The number of aromatic amines is 1. The smallest absolute Gasteiger partial charge is 0.248 e. The van der Waals surface area contributed by atoms with Crippen LogP contribution in [0.3, 0.4) is 0 Å². The average Bonchev–Trinajstić information content (AvgIpc) is 2.91. The molecule has 1 aromatic carbocycles. The minimum Gasteiger partial charge on any atom is -0.322 e. The van der Waals surface area contributed by atoms with Gasteiger partial charge in [-0.3, -0.25) is 4.79 Å². The fourth-order valence-electron chi connectivity index (χ4n) is 2.39. The number of aromatic nitrogens is 5. The lowest BCUT2D eigenvalue weighted by Crippen LogP contribution is -2.05. The van der Waals surface area contributed by atoms with Crippen molar-refractivity contribution in [2.75, 3.05) is 0 Å². The summed E-state index contributed by atoms with van der Waals surface area (Å²) >= 11 is 0. The monoisotopic (exact) mass is 277 g/mol. The van der Waals surface area contributed by atoms with Crippen molar-refractivity contribution in [1.29, 1.82) is 0 Å².